The van der Waals surface area contributed by atoms with E-state index in [0.717, 1.165) is 56.5 Å². The van der Waals surface area contributed by atoms with Crippen LogP contribution in [0.2, 0.25) is 0 Å². The largest absolute Gasteiger partial charge is 0.492 e. The van der Waals surface area contributed by atoms with Crippen molar-refractivity contribution in [3.05, 3.63) is 112 Å². The number of anilines is 1. The molecule has 2 aliphatic heterocycles. The van der Waals surface area contributed by atoms with Crippen LogP contribution in [0, 0.1) is 27.9 Å². The summed E-state index contributed by atoms with van der Waals surface area (Å²) >= 11 is 0. The zero-order valence-corrected chi connectivity index (χ0v) is 37.3. The smallest absolute Gasteiger partial charge is 0.269 e. The Morgan fingerprint density at radius 2 is 1.78 bits per heavy atom. The van der Waals surface area contributed by atoms with Crippen molar-refractivity contribution in [3.8, 4) is 11.5 Å². The van der Waals surface area contributed by atoms with Crippen LogP contribution in [-0.2, 0) is 31.0 Å². The van der Waals surface area contributed by atoms with Gasteiger partial charge in [-0.3, -0.25) is 19.8 Å². The predicted octanol–water partition coefficient (Wildman–Crippen LogP) is 6.40. The fourth-order valence-corrected chi connectivity index (χ4v) is 10.9. The van der Waals surface area contributed by atoms with E-state index in [-0.39, 0.29) is 67.1 Å². The number of likely N-dealkylation sites (N-methyl/N-ethyl adjacent to an activating group) is 1. The topological polar surface area (TPSA) is 202 Å². The summed E-state index contributed by atoms with van der Waals surface area (Å²) in [4.78, 5) is 31.0. The lowest BCUT2D eigenvalue weighted by atomic mass is 9.55. The molecule has 344 valence electrons. The average Bonchev–Trinajstić information content (AvgIpc) is 4.11. The van der Waals surface area contributed by atoms with Crippen LogP contribution in [0.5, 0.6) is 11.5 Å². The summed E-state index contributed by atoms with van der Waals surface area (Å²) in [5.41, 5.74) is 3.23. The highest BCUT2D eigenvalue weighted by atomic mass is 32.2. The van der Waals surface area contributed by atoms with Crippen molar-refractivity contribution in [2.24, 2.45) is 22.9 Å². The monoisotopic (exact) mass is 901 g/mol. The number of fused-ring (bicyclic) bond motifs is 2. The number of hydrogen-bond acceptors (Lipinski definition) is 13. The molecule has 3 aromatic rings. The second-order valence-electron chi connectivity index (χ2n) is 16.9. The van der Waals surface area contributed by atoms with E-state index in [2.05, 4.69) is 22.9 Å². The Labute approximate surface area is 374 Å². The molecule has 2 heterocycles. The zero-order chi connectivity index (χ0) is 45.4. The number of non-ortho nitro benzene ring substituents is 1. The van der Waals surface area contributed by atoms with Gasteiger partial charge in [0.05, 0.1) is 34.1 Å². The van der Waals surface area contributed by atoms with Gasteiger partial charge < -0.3 is 34.6 Å². The van der Waals surface area contributed by atoms with Gasteiger partial charge in [0.15, 0.2) is 0 Å². The fourth-order valence-electron chi connectivity index (χ4n) is 9.53. The molecule has 3 aromatic carbocycles. The van der Waals surface area contributed by atoms with E-state index in [0.29, 0.717) is 47.9 Å². The molecule has 2 aliphatic carbocycles. The quantitative estimate of drug-likeness (QED) is 0.0311. The molecule has 16 nitrogen and oxygen atoms in total. The van der Waals surface area contributed by atoms with Gasteiger partial charge in [0, 0.05) is 82.5 Å². The lowest BCUT2D eigenvalue weighted by Gasteiger charge is -2.59. The molecule has 1 amide bonds. The number of nitrogens with one attached hydrogen (secondary N) is 1. The summed E-state index contributed by atoms with van der Waals surface area (Å²) in [7, 11) is -2.78. The van der Waals surface area contributed by atoms with Crippen molar-refractivity contribution in [2.75, 3.05) is 58.4 Å². The van der Waals surface area contributed by atoms with Gasteiger partial charge >= 0.3 is 0 Å². The maximum absolute atomic E-state index is 14.9. The van der Waals surface area contributed by atoms with E-state index in [4.69, 9.17) is 24.2 Å². The molecule has 0 spiro atoms. The number of ether oxygens (including phenoxy) is 3. The van der Waals surface area contributed by atoms with Crippen LogP contribution in [0.4, 0.5) is 11.4 Å². The third-order valence-electron chi connectivity index (χ3n) is 12.7. The lowest BCUT2D eigenvalue weighted by Crippen LogP contribution is -2.69. The molecule has 0 unspecified atom stereocenters. The first-order valence-electron chi connectivity index (χ1n) is 22.0. The molecule has 64 heavy (non-hydrogen) atoms. The van der Waals surface area contributed by atoms with Gasteiger partial charge in [0.2, 0.25) is 21.7 Å². The molecule has 3 N–H and O–H groups in total. The van der Waals surface area contributed by atoms with Crippen molar-refractivity contribution in [3.63, 3.8) is 0 Å². The van der Waals surface area contributed by atoms with Crippen LogP contribution in [0.3, 0.4) is 0 Å². The number of allylic oxidation sites excluding steroid dienone is 1. The number of aliphatic hydroxyl groups is 2. The number of rotatable bonds is 23. The summed E-state index contributed by atoms with van der Waals surface area (Å²) in [6.07, 6.45) is 8.03. The molecular formula is C47H59N5O11S. The number of nitrogens with zero attached hydrogens (tertiary/aromatic N) is 4. The fraction of sp³-hybridized carbons (Fsp3) is 0.489. The van der Waals surface area contributed by atoms with Crippen LogP contribution in [0.15, 0.2) is 101 Å². The Morgan fingerprint density at radius 1 is 1.06 bits per heavy atom. The molecule has 1 saturated carbocycles. The van der Waals surface area contributed by atoms with E-state index in [1.807, 2.05) is 18.2 Å². The Hall–Kier alpha value is -5.17. The van der Waals surface area contributed by atoms with Gasteiger partial charge in [-0.25, -0.2) is 8.42 Å². The number of benzene rings is 3. The number of carbonyl (C=O) groups is 1. The normalized spacial score (nSPS) is 24.2. The number of unbranched alkanes of at least 4 members (excludes halogenated alkanes) is 2. The molecule has 0 aromatic heterocycles. The Morgan fingerprint density at radius 3 is 2.44 bits per heavy atom. The van der Waals surface area contributed by atoms with Crippen LogP contribution < -0.4 is 14.8 Å². The second-order valence-corrected chi connectivity index (χ2v) is 18.9. The summed E-state index contributed by atoms with van der Waals surface area (Å²) in [6, 6.07) is 16.7. The summed E-state index contributed by atoms with van der Waals surface area (Å²) in [5.74, 6) is -1.71. The lowest BCUT2D eigenvalue weighted by molar-refractivity contribution is -0.384. The van der Waals surface area contributed by atoms with Crippen LogP contribution >= 0.6 is 0 Å². The van der Waals surface area contributed by atoms with Crippen molar-refractivity contribution >= 4 is 33.0 Å². The highest BCUT2D eigenvalue weighted by molar-refractivity contribution is 7.89. The standard InChI is InChI=1S/C47H59N5O11S/c1-4-26-61-47-44(50(3)64(58,59)38-18-13-35(14-19-38)48-32(2)55)30-42(49-62-31-33-11-15-36(16-12-33)52(56)57)40-28-34(9-5-7-24-53)39(10-6-8-25-54)45(46(40)47)41-29-37(17-20-43(41)63-47)60-27-23-51-21-22-51/h4,11-20,28-29,34,39,44-46,53-54H,1,5-10,21-27,30-31H2,2-3H3,(H,48,55)/t34-,39+,44-,45+,46+,47+/m0/s1. The maximum atomic E-state index is 14.9. The van der Waals surface area contributed by atoms with Gasteiger partial charge in [-0.1, -0.05) is 30.1 Å². The summed E-state index contributed by atoms with van der Waals surface area (Å²) in [5, 5.41) is 38.6. The van der Waals surface area contributed by atoms with Crippen molar-refractivity contribution in [2.45, 2.75) is 81.1 Å². The third-order valence-corrected chi connectivity index (χ3v) is 14.6. The van der Waals surface area contributed by atoms with Gasteiger partial charge in [-0.05, 0) is 103 Å². The molecule has 2 fully saturated rings. The van der Waals surface area contributed by atoms with Crippen LogP contribution in [0.1, 0.15) is 68.9 Å². The number of aliphatic hydroxyl groups excluding tert-OH is 2. The first-order chi connectivity index (χ1) is 30.9. The first-order valence-corrected chi connectivity index (χ1v) is 23.5. The molecule has 4 aliphatic rings. The second kappa shape index (κ2) is 20.8. The highest BCUT2D eigenvalue weighted by Gasteiger charge is 2.65. The number of amides is 1. The highest BCUT2D eigenvalue weighted by Crippen LogP contribution is 2.62. The van der Waals surface area contributed by atoms with E-state index < -0.39 is 32.7 Å². The first kappa shape index (κ1) is 46.8. The minimum atomic E-state index is -4.28. The number of nitro benzene ring substituents is 1. The van der Waals surface area contributed by atoms with Crippen molar-refractivity contribution in [1.82, 2.24) is 9.21 Å². The molecule has 7 rings (SSSR count). The Balaban J connectivity index is 1.39. The zero-order valence-electron chi connectivity index (χ0n) is 36.5. The third kappa shape index (κ3) is 10.3. The van der Waals surface area contributed by atoms with Gasteiger partial charge in [-0.2, -0.15) is 4.31 Å². The number of oxime groups is 1. The van der Waals surface area contributed by atoms with E-state index in [9.17, 15) is 33.5 Å². The number of sulfonamides is 1. The van der Waals surface area contributed by atoms with Crippen LogP contribution in [0.25, 0.3) is 0 Å². The summed E-state index contributed by atoms with van der Waals surface area (Å²) in [6.45, 7) is 8.86. The average molecular weight is 902 g/mol. The predicted molar refractivity (Wildman–Crippen MR) is 240 cm³/mol. The Bertz CT molecular complexity index is 2300. The minimum absolute atomic E-state index is 0.0104. The summed E-state index contributed by atoms with van der Waals surface area (Å²) < 4.78 is 51.5. The SMILES string of the molecule is C=CCO[C@@]12Oc3ccc(OCCN4CC4)cc3[C@H]3[C@H](CCCCO)[C@@H](CCCCO)C=C(C(=NOCc4ccc([N+](=O)[O-])cc4)C[C@@H]1N(C)S(=O)(=O)c1ccc(NC(C)=O)cc1)[C@H]32. The van der Waals surface area contributed by atoms with Crippen molar-refractivity contribution in [1.29, 1.82) is 0 Å². The van der Waals surface area contributed by atoms with E-state index >= 15 is 0 Å². The number of hydrogen-bond donors (Lipinski definition) is 3. The van der Waals surface area contributed by atoms with Crippen LogP contribution in [-0.4, -0.2) is 109 Å². The molecule has 0 bridgehead atoms. The minimum Gasteiger partial charge on any atom is -0.492 e. The Kier molecular flexibility index (Phi) is 15.2. The molecule has 1 saturated heterocycles. The maximum Gasteiger partial charge on any atom is 0.269 e. The van der Waals surface area contributed by atoms with Gasteiger partial charge in [0.1, 0.15) is 24.7 Å². The number of nitro groups is 1. The van der Waals surface area contributed by atoms with E-state index in [1.165, 1.54) is 54.7 Å². The van der Waals surface area contributed by atoms with Crippen molar-refractivity contribution < 1.29 is 47.4 Å². The van der Waals surface area contributed by atoms with Gasteiger partial charge in [0.25, 0.3) is 5.69 Å². The van der Waals surface area contributed by atoms with Gasteiger partial charge in [-0.15, -0.1) is 6.58 Å². The van der Waals surface area contributed by atoms with E-state index in [1.54, 1.807) is 18.2 Å². The number of carbonyl (C=O) groups excluding carboxylic acids is 1. The molecule has 17 heteroatoms. The molecule has 6 atom stereocenters. The molecule has 0 radical (unpaired) electrons. The molecular weight excluding hydrogens is 843 g/mol.